The molecule has 1 fully saturated rings. The van der Waals surface area contributed by atoms with E-state index in [4.69, 9.17) is 4.74 Å². The maximum absolute atomic E-state index is 13.4. The molecule has 156 valence electrons. The highest BCUT2D eigenvalue weighted by Gasteiger charge is 2.43. The van der Waals surface area contributed by atoms with Gasteiger partial charge in [-0.05, 0) is 60.7 Å². The molecule has 2 aromatic carbocycles. The lowest BCUT2D eigenvalue weighted by molar-refractivity contribution is -0.120. The summed E-state index contributed by atoms with van der Waals surface area (Å²) in [5.41, 5.74) is 1.57. The topological polar surface area (TPSA) is 70.1 Å². The number of halogens is 1. The summed E-state index contributed by atoms with van der Waals surface area (Å²) in [7, 11) is 1.56. The zero-order valence-corrected chi connectivity index (χ0v) is 16.7. The third-order valence-electron chi connectivity index (χ3n) is 5.62. The SMILES string of the molecule is COc1ccc(C2=C(N3CCCC(CO)C3)C(=O)N(c3ccc(F)cc3)C2=O)cc1. The molecule has 1 N–H and O–H groups in total. The summed E-state index contributed by atoms with van der Waals surface area (Å²) in [5, 5.41) is 9.61. The van der Waals surface area contributed by atoms with Crippen LogP contribution in [0.1, 0.15) is 18.4 Å². The van der Waals surface area contributed by atoms with Gasteiger partial charge in [0.05, 0.1) is 18.4 Å². The van der Waals surface area contributed by atoms with Gasteiger partial charge in [-0.3, -0.25) is 9.59 Å². The van der Waals surface area contributed by atoms with Crippen molar-refractivity contribution < 1.29 is 23.8 Å². The van der Waals surface area contributed by atoms with Crippen molar-refractivity contribution in [1.82, 2.24) is 4.90 Å². The lowest BCUT2D eigenvalue weighted by atomic mass is 9.97. The number of nitrogens with zero attached hydrogens (tertiary/aromatic N) is 2. The molecule has 0 aliphatic carbocycles. The number of ether oxygens (including phenoxy) is 1. The fraction of sp³-hybridized carbons (Fsp3) is 0.304. The first-order chi connectivity index (χ1) is 14.5. The zero-order valence-electron chi connectivity index (χ0n) is 16.7. The molecular weight excluding hydrogens is 387 g/mol. The number of amides is 2. The van der Waals surface area contributed by atoms with Crippen LogP contribution in [-0.4, -0.2) is 48.6 Å². The number of benzene rings is 2. The molecule has 0 aromatic heterocycles. The predicted octanol–water partition coefficient (Wildman–Crippen LogP) is 2.82. The Kier molecular flexibility index (Phi) is 5.55. The Morgan fingerprint density at radius 3 is 2.40 bits per heavy atom. The molecule has 0 bridgehead atoms. The number of aliphatic hydroxyl groups excluding tert-OH is 1. The summed E-state index contributed by atoms with van der Waals surface area (Å²) in [6.45, 7) is 1.16. The van der Waals surface area contributed by atoms with Crippen molar-refractivity contribution in [3.8, 4) is 5.75 Å². The predicted molar refractivity (Wildman–Crippen MR) is 110 cm³/mol. The lowest BCUT2D eigenvalue weighted by Crippen LogP contribution is -2.40. The number of carbonyl (C=O) groups is 2. The molecule has 1 atom stereocenters. The van der Waals surface area contributed by atoms with Gasteiger partial charge in [-0.2, -0.15) is 0 Å². The number of aliphatic hydroxyl groups is 1. The summed E-state index contributed by atoms with van der Waals surface area (Å²) in [5.74, 6) is -0.630. The van der Waals surface area contributed by atoms with E-state index in [1.807, 2.05) is 4.90 Å². The van der Waals surface area contributed by atoms with Crippen LogP contribution in [0.2, 0.25) is 0 Å². The molecule has 0 saturated carbocycles. The van der Waals surface area contributed by atoms with Crippen LogP contribution in [0.4, 0.5) is 10.1 Å². The standard InChI is InChI=1S/C23H23FN2O4/c1-30-19-10-4-16(5-11-19)20-21(25-12-2-3-15(13-25)14-27)23(29)26(22(20)28)18-8-6-17(24)7-9-18/h4-11,15,27H,2-3,12-14H2,1H3. The summed E-state index contributed by atoms with van der Waals surface area (Å²) in [6.07, 6.45) is 1.70. The maximum atomic E-state index is 13.4. The minimum atomic E-state index is -0.446. The van der Waals surface area contributed by atoms with Crippen LogP contribution in [0.3, 0.4) is 0 Å². The van der Waals surface area contributed by atoms with Crippen LogP contribution >= 0.6 is 0 Å². The average molecular weight is 410 g/mol. The van der Waals surface area contributed by atoms with Crippen LogP contribution in [0, 0.1) is 11.7 Å². The minimum Gasteiger partial charge on any atom is -0.497 e. The monoisotopic (exact) mass is 410 g/mol. The lowest BCUT2D eigenvalue weighted by Gasteiger charge is -2.34. The van der Waals surface area contributed by atoms with Gasteiger partial charge in [0, 0.05) is 19.7 Å². The molecule has 2 aliphatic rings. The minimum absolute atomic E-state index is 0.0332. The van der Waals surface area contributed by atoms with Crippen molar-refractivity contribution in [3.05, 3.63) is 65.6 Å². The van der Waals surface area contributed by atoms with Crippen LogP contribution in [0.5, 0.6) is 5.75 Å². The first kappa shape index (κ1) is 20.1. The number of rotatable bonds is 5. The summed E-state index contributed by atoms with van der Waals surface area (Å²) < 4.78 is 18.6. The summed E-state index contributed by atoms with van der Waals surface area (Å²) in [4.78, 5) is 29.8. The maximum Gasteiger partial charge on any atom is 0.282 e. The highest BCUT2D eigenvalue weighted by atomic mass is 19.1. The van der Waals surface area contributed by atoms with E-state index in [0.29, 0.717) is 41.4 Å². The van der Waals surface area contributed by atoms with Crippen molar-refractivity contribution in [3.63, 3.8) is 0 Å². The molecule has 2 aliphatic heterocycles. The number of hydrogen-bond acceptors (Lipinski definition) is 5. The van der Waals surface area contributed by atoms with Gasteiger partial charge in [0.15, 0.2) is 0 Å². The normalized spacial score (nSPS) is 19.6. The van der Waals surface area contributed by atoms with Gasteiger partial charge in [-0.15, -0.1) is 0 Å². The quantitative estimate of drug-likeness (QED) is 0.768. The molecule has 1 unspecified atom stereocenters. The first-order valence-electron chi connectivity index (χ1n) is 9.92. The van der Waals surface area contributed by atoms with E-state index in [2.05, 4.69) is 0 Å². The number of piperidine rings is 1. The van der Waals surface area contributed by atoms with Gasteiger partial charge in [0.25, 0.3) is 11.8 Å². The Labute approximate surface area is 174 Å². The molecular formula is C23H23FN2O4. The summed E-state index contributed by atoms with van der Waals surface area (Å²) >= 11 is 0. The van der Waals surface area contributed by atoms with Crippen molar-refractivity contribution in [1.29, 1.82) is 0 Å². The van der Waals surface area contributed by atoms with E-state index in [1.54, 1.807) is 31.4 Å². The van der Waals surface area contributed by atoms with E-state index in [-0.39, 0.29) is 12.5 Å². The Bertz CT molecular complexity index is 985. The highest BCUT2D eigenvalue weighted by Crippen LogP contribution is 2.36. The van der Waals surface area contributed by atoms with Gasteiger partial charge in [-0.1, -0.05) is 12.1 Å². The van der Waals surface area contributed by atoms with Crippen LogP contribution in [-0.2, 0) is 9.59 Å². The Balaban J connectivity index is 1.79. The Morgan fingerprint density at radius 2 is 1.77 bits per heavy atom. The van der Waals surface area contributed by atoms with Gasteiger partial charge < -0.3 is 14.7 Å². The number of methoxy groups -OCH3 is 1. The van der Waals surface area contributed by atoms with Crippen LogP contribution in [0.15, 0.2) is 54.2 Å². The molecule has 0 radical (unpaired) electrons. The molecule has 2 aromatic rings. The number of imide groups is 1. The fourth-order valence-electron chi connectivity index (χ4n) is 4.07. The van der Waals surface area contributed by atoms with E-state index in [1.165, 1.54) is 24.3 Å². The summed E-state index contributed by atoms with van der Waals surface area (Å²) in [6, 6.07) is 12.3. The molecule has 2 amide bonds. The fourth-order valence-corrected chi connectivity index (χ4v) is 4.07. The largest absolute Gasteiger partial charge is 0.497 e. The van der Waals surface area contributed by atoms with Gasteiger partial charge >= 0.3 is 0 Å². The van der Waals surface area contributed by atoms with E-state index in [9.17, 15) is 19.1 Å². The Morgan fingerprint density at radius 1 is 1.07 bits per heavy atom. The zero-order chi connectivity index (χ0) is 21.3. The third-order valence-corrected chi connectivity index (χ3v) is 5.62. The van der Waals surface area contributed by atoms with Crippen LogP contribution in [0.25, 0.3) is 5.57 Å². The molecule has 7 heteroatoms. The van der Waals surface area contributed by atoms with E-state index >= 15 is 0 Å². The highest BCUT2D eigenvalue weighted by molar-refractivity contribution is 6.45. The molecule has 0 spiro atoms. The Hall–Kier alpha value is -3.19. The molecule has 30 heavy (non-hydrogen) atoms. The van der Waals surface area contributed by atoms with Crippen molar-refractivity contribution in [2.45, 2.75) is 12.8 Å². The van der Waals surface area contributed by atoms with Crippen molar-refractivity contribution in [2.24, 2.45) is 5.92 Å². The molecule has 2 heterocycles. The van der Waals surface area contributed by atoms with E-state index < -0.39 is 17.6 Å². The van der Waals surface area contributed by atoms with Gasteiger partial charge in [-0.25, -0.2) is 9.29 Å². The number of hydrogen-bond donors (Lipinski definition) is 1. The smallest absolute Gasteiger partial charge is 0.282 e. The second kappa shape index (κ2) is 8.28. The molecule has 4 rings (SSSR count). The third kappa shape index (κ3) is 3.57. The second-order valence-corrected chi connectivity index (χ2v) is 7.51. The first-order valence-corrected chi connectivity index (χ1v) is 9.92. The van der Waals surface area contributed by atoms with Gasteiger partial charge in [0.2, 0.25) is 0 Å². The number of anilines is 1. The second-order valence-electron chi connectivity index (χ2n) is 7.51. The van der Waals surface area contributed by atoms with Crippen LogP contribution < -0.4 is 9.64 Å². The number of carbonyl (C=O) groups excluding carboxylic acids is 2. The molecule has 6 nitrogen and oxygen atoms in total. The number of likely N-dealkylation sites (tertiary alicyclic amines) is 1. The average Bonchev–Trinajstić information content (AvgIpc) is 3.04. The van der Waals surface area contributed by atoms with Gasteiger partial charge in [0.1, 0.15) is 17.3 Å². The molecule has 1 saturated heterocycles. The van der Waals surface area contributed by atoms with E-state index in [0.717, 1.165) is 17.7 Å². The van der Waals surface area contributed by atoms with Crippen molar-refractivity contribution in [2.75, 3.05) is 31.7 Å². The van der Waals surface area contributed by atoms with Crippen molar-refractivity contribution >= 4 is 23.1 Å².